The van der Waals surface area contributed by atoms with Crippen molar-refractivity contribution in [2.75, 3.05) is 20.2 Å². The third kappa shape index (κ3) is 3.67. The largest absolute Gasteiger partial charge is 0.481 e. The summed E-state index contributed by atoms with van der Waals surface area (Å²) in [5.41, 5.74) is -0.421. The predicted molar refractivity (Wildman–Crippen MR) is 87.4 cm³/mol. The van der Waals surface area contributed by atoms with Gasteiger partial charge in [0, 0.05) is 32.4 Å². The Morgan fingerprint density at radius 3 is 2.41 bits per heavy atom. The fourth-order valence-electron chi connectivity index (χ4n) is 3.06. The zero-order valence-corrected chi connectivity index (χ0v) is 14.7. The molecule has 0 atom stereocenters. The molecule has 8 nitrogen and oxygen atoms in total. The summed E-state index contributed by atoms with van der Waals surface area (Å²) in [5.74, 6) is -1.07. The van der Waals surface area contributed by atoms with Gasteiger partial charge in [-0.1, -0.05) is 0 Å². The summed E-state index contributed by atoms with van der Waals surface area (Å²) < 4.78 is 45.1. The van der Waals surface area contributed by atoms with Gasteiger partial charge in [-0.15, -0.1) is 5.10 Å². The van der Waals surface area contributed by atoms with E-state index < -0.39 is 23.7 Å². The van der Waals surface area contributed by atoms with E-state index in [4.69, 9.17) is 4.74 Å². The molecule has 0 aromatic carbocycles. The molecule has 2 aromatic rings. The number of nitrogens with zero attached hydrogens (tertiary/aromatic N) is 5. The first-order valence-corrected chi connectivity index (χ1v) is 8.24. The quantitative estimate of drug-likeness (QED) is 0.799. The highest BCUT2D eigenvalue weighted by Crippen LogP contribution is 2.28. The van der Waals surface area contributed by atoms with Crippen molar-refractivity contribution in [3.8, 4) is 5.88 Å². The number of aromatic nitrogens is 4. The summed E-state index contributed by atoms with van der Waals surface area (Å²) in [6, 6.07) is 2.68. The molecule has 146 valence electrons. The SMILES string of the molecule is COc1ccc(C(=O)N2CCC(n3nc(C(F)(F)F)n(C)c3=O)CC2)cn1. The van der Waals surface area contributed by atoms with Crippen molar-refractivity contribution in [1.29, 1.82) is 0 Å². The zero-order chi connectivity index (χ0) is 19.8. The van der Waals surface area contributed by atoms with E-state index in [0.29, 0.717) is 41.9 Å². The van der Waals surface area contributed by atoms with Crippen LogP contribution in [0.3, 0.4) is 0 Å². The van der Waals surface area contributed by atoms with Crippen molar-refractivity contribution in [2.24, 2.45) is 7.05 Å². The maximum atomic E-state index is 12.9. The molecule has 1 amide bonds. The number of ether oxygens (including phenoxy) is 1. The van der Waals surface area contributed by atoms with Gasteiger partial charge in [-0.3, -0.25) is 9.36 Å². The van der Waals surface area contributed by atoms with Crippen LogP contribution < -0.4 is 10.4 Å². The second kappa shape index (κ2) is 7.05. The standard InChI is InChI=1S/C16H18F3N5O3/c1-22-14(16(17,18)19)21-24(15(22)26)11-5-7-23(8-6-11)13(25)10-3-4-12(27-2)20-9-10/h3-4,9,11H,5-8H2,1-2H3. The summed E-state index contributed by atoms with van der Waals surface area (Å²) in [6.07, 6.45) is -2.61. The third-order valence-electron chi connectivity index (χ3n) is 4.55. The first-order chi connectivity index (χ1) is 12.7. The highest BCUT2D eigenvalue weighted by molar-refractivity contribution is 5.94. The number of halogens is 3. The fourth-order valence-corrected chi connectivity index (χ4v) is 3.06. The Balaban J connectivity index is 1.70. The van der Waals surface area contributed by atoms with Crippen molar-refractivity contribution in [3.05, 3.63) is 40.2 Å². The highest BCUT2D eigenvalue weighted by atomic mass is 19.4. The molecule has 0 spiro atoms. The number of rotatable bonds is 3. The molecule has 27 heavy (non-hydrogen) atoms. The Kier molecular flexibility index (Phi) is 4.94. The van der Waals surface area contributed by atoms with E-state index in [1.165, 1.54) is 13.3 Å². The van der Waals surface area contributed by atoms with E-state index in [9.17, 15) is 22.8 Å². The second-order valence-corrected chi connectivity index (χ2v) is 6.22. The van der Waals surface area contributed by atoms with Gasteiger partial charge in [-0.2, -0.15) is 13.2 Å². The van der Waals surface area contributed by atoms with Crippen LogP contribution in [0.4, 0.5) is 13.2 Å². The molecule has 0 bridgehead atoms. The average Bonchev–Trinajstić information content (AvgIpc) is 2.97. The van der Waals surface area contributed by atoms with E-state index in [1.54, 1.807) is 17.0 Å². The predicted octanol–water partition coefficient (Wildman–Crippen LogP) is 1.48. The number of carbonyl (C=O) groups is 1. The van der Waals surface area contributed by atoms with Crippen LogP contribution >= 0.6 is 0 Å². The van der Waals surface area contributed by atoms with Crippen LogP contribution in [0.15, 0.2) is 23.1 Å². The Labute approximate surface area is 152 Å². The molecule has 2 aromatic heterocycles. The monoisotopic (exact) mass is 385 g/mol. The second-order valence-electron chi connectivity index (χ2n) is 6.22. The van der Waals surface area contributed by atoms with E-state index >= 15 is 0 Å². The number of pyridine rings is 1. The van der Waals surface area contributed by atoms with Crippen LogP contribution in [0.2, 0.25) is 0 Å². The van der Waals surface area contributed by atoms with Crippen LogP contribution in [0.25, 0.3) is 0 Å². The first-order valence-electron chi connectivity index (χ1n) is 8.24. The first kappa shape index (κ1) is 18.9. The van der Waals surface area contributed by atoms with Crippen molar-refractivity contribution < 1.29 is 22.7 Å². The van der Waals surface area contributed by atoms with Crippen LogP contribution in [0.5, 0.6) is 5.88 Å². The summed E-state index contributed by atoms with van der Waals surface area (Å²) in [4.78, 5) is 30.2. The van der Waals surface area contributed by atoms with Crippen LogP contribution in [-0.4, -0.2) is 50.3 Å². The van der Waals surface area contributed by atoms with Crippen molar-refractivity contribution in [1.82, 2.24) is 24.2 Å². The van der Waals surface area contributed by atoms with Gasteiger partial charge in [0.1, 0.15) is 0 Å². The highest BCUT2D eigenvalue weighted by Gasteiger charge is 2.39. The summed E-state index contributed by atoms with van der Waals surface area (Å²) in [6.45, 7) is 0.611. The third-order valence-corrected chi connectivity index (χ3v) is 4.55. The minimum atomic E-state index is -4.70. The number of alkyl halides is 3. The lowest BCUT2D eigenvalue weighted by molar-refractivity contribution is -0.147. The van der Waals surface area contributed by atoms with E-state index in [2.05, 4.69) is 10.1 Å². The molecule has 3 rings (SSSR count). The van der Waals surface area contributed by atoms with Crippen LogP contribution in [-0.2, 0) is 13.2 Å². The lowest BCUT2D eigenvalue weighted by Gasteiger charge is -2.31. The summed E-state index contributed by atoms with van der Waals surface area (Å²) in [5, 5.41) is 3.47. The molecular weight excluding hydrogens is 367 g/mol. The molecule has 1 aliphatic heterocycles. The van der Waals surface area contributed by atoms with Crippen molar-refractivity contribution >= 4 is 5.91 Å². The molecular formula is C16H18F3N5O3. The Morgan fingerprint density at radius 2 is 1.93 bits per heavy atom. The van der Waals surface area contributed by atoms with E-state index in [-0.39, 0.29) is 5.91 Å². The van der Waals surface area contributed by atoms with E-state index in [1.807, 2.05) is 0 Å². The van der Waals surface area contributed by atoms with Gasteiger partial charge in [0.25, 0.3) is 5.91 Å². The van der Waals surface area contributed by atoms with E-state index in [0.717, 1.165) is 11.7 Å². The van der Waals surface area contributed by atoms with Gasteiger partial charge >= 0.3 is 11.9 Å². The Bertz CT molecular complexity index is 880. The minimum Gasteiger partial charge on any atom is -0.481 e. The Morgan fingerprint density at radius 1 is 1.26 bits per heavy atom. The van der Waals surface area contributed by atoms with Gasteiger partial charge in [-0.25, -0.2) is 14.5 Å². The molecule has 0 unspecified atom stereocenters. The number of hydrogen-bond donors (Lipinski definition) is 0. The smallest absolute Gasteiger partial charge is 0.451 e. The molecule has 1 fully saturated rings. The van der Waals surface area contributed by atoms with Crippen molar-refractivity contribution in [2.45, 2.75) is 25.1 Å². The maximum absolute atomic E-state index is 12.9. The molecule has 3 heterocycles. The number of piperidine rings is 1. The van der Waals surface area contributed by atoms with Gasteiger partial charge in [0.15, 0.2) is 0 Å². The lowest BCUT2D eigenvalue weighted by Crippen LogP contribution is -2.41. The summed E-state index contributed by atoms with van der Waals surface area (Å²) >= 11 is 0. The molecule has 0 N–H and O–H groups in total. The molecule has 0 radical (unpaired) electrons. The number of amides is 1. The normalized spacial score (nSPS) is 15.8. The van der Waals surface area contributed by atoms with Gasteiger partial charge in [0.2, 0.25) is 11.7 Å². The van der Waals surface area contributed by atoms with Crippen molar-refractivity contribution in [3.63, 3.8) is 0 Å². The molecule has 0 saturated carbocycles. The van der Waals surface area contributed by atoms with Gasteiger partial charge in [-0.05, 0) is 18.9 Å². The van der Waals surface area contributed by atoms with Crippen LogP contribution in [0, 0.1) is 0 Å². The molecule has 1 aliphatic rings. The summed E-state index contributed by atoms with van der Waals surface area (Å²) in [7, 11) is 2.52. The average molecular weight is 385 g/mol. The van der Waals surface area contributed by atoms with Gasteiger partial charge < -0.3 is 9.64 Å². The van der Waals surface area contributed by atoms with Gasteiger partial charge in [0.05, 0.1) is 18.7 Å². The Hall–Kier alpha value is -2.85. The number of methoxy groups -OCH3 is 1. The minimum absolute atomic E-state index is 0.229. The molecule has 0 aliphatic carbocycles. The van der Waals surface area contributed by atoms with Crippen LogP contribution in [0.1, 0.15) is 35.1 Å². The lowest BCUT2D eigenvalue weighted by atomic mass is 10.0. The zero-order valence-electron chi connectivity index (χ0n) is 14.7. The molecule has 1 saturated heterocycles. The molecule has 11 heteroatoms. The maximum Gasteiger partial charge on any atom is 0.451 e. The number of likely N-dealkylation sites (tertiary alicyclic amines) is 1. The fraction of sp³-hybridized carbons (Fsp3) is 0.500. The number of carbonyl (C=O) groups excluding carboxylic acids is 1. The topological polar surface area (TPSA) is 82.2 Å². The number of hydrogen-bond acceptors (Lipinski definition) is 5.